The average molecular weight is 200 g/mol. The van der Waals surface area contributed by atoms with Crippen molar-refractivity contribution in [2.45, 2.75) is 0 Å². The molecule has 76 valence electrons. The van der Waals surface area contributed by atoms with Crippen molar-refractivity contribution in [2.75, 3.05) is 11.1 Å². The van der Waals surface area contributed by atoms with E-state index in [9.17, 15) is 5.11 Å². The third-order valence-corrected chi connectivity index (χ3v) is 2.11. The maximum Gasteiger partial charge on any atom is 0.196 e. The van der Waals surface area contributed by atoms with Gasteiger partial charge in [-0.2, -0.15) is 0 Å². The second kappa shape index (κ2) is 3.92. The van der Waals surface area contributed by atoms with Crippen LogP contribution in [0.25, 0.3) is 0 Å². The van der Waals surface area contributed by atoms with Crippen LogP contribution in [0.3, 0.4) is 0 Å². The number of aliphatic hydroxyl groups is 1. The van der Waals surface area contributed by atoms with Gasteiger partial charge in [-0.3, -0.25) is 0 Å². The van der Waals surface area contributed by atoms with Crippen molar-refractivity contribution in [1.29, 1.82) is 0 Å². The van der Waals surface area contributed by atoms with Crippen molar-refractivity contribution >= 4 is 11.4 Å². The lowest BCUT2D eigenvalue weighted by molar-refractivity contribution is 0.416. The first-order valence-electron chi connectivity index (χ1n) is 4.66. The topological polar surface area (TPSA) is 58.3 Å². The fourth-order valence-electron chi connectivity index (χ4n) is 1.31. The summed E-state index contributed by atoms with van der Waals surface area (Å²) in [6.45, 7) is 0. The molecule has 4 N–H and O–H groups in total. The van der Waals surface area contributed by atoms with Crippen molar-refractivity contribution in [3.05, 3.63) is 60.0 Å². The summed E-state index contributed by atoms with van der Waals surface area (Å²) in [6, 6.07) is 7.18. The van der Waals surface area contributed by atoms with Crippen molar-refractivity contribution < 1.29 is 5.11 Å². The number of aliphatic hydroxyl groups excluding tert-OH is 1. The van der Waals surface area contributed by atoms with Crippen LogP contribution in [0.2, 0.25) is 0 Å². The van der Waals surface area contributed by atoms with E-state index in [0.717, 1.165) is 11.3 Å². The van der Waals surface area contributed by atoms with Gasteiger partial charge in [-0.05, 0) is 36.4 Å². The van der Waals surface area contributed by atoms with Gasteiger partial charge in [-0.15, -0.1) is 0 Å². The molecule has 1 aliphatic rings. The smallest absolute Gasteiger partial charge is 0.196 e. The molecule has 0 heterocycles. The molecule has 2 rings (SSSR count). The SMILES string of the molecule is Nc1ccc(NC(O)=C2C=CC=C2)cc1. The van der Waals surface area contributed by atoms with E-state index in [4.69, 9.17) is 5.73 Å². The zero-order valence-electron chi connectivity index (χ0n) is 8.14. The van der Waals surface area contributed by atoms with Gasteiger partial charge in [0.25, 0.3) is 0 Å². The Hall–Kier alpha value is -2.16. The number of nitrogens with two attached hydrogens (primary N) is 1. The second-order valence-corrected chi connectivity index (χ2v) is 3.27. The number of allylic oxidation sites excluding steroid dienone is 5. The van der Waals surface area contributed by atoms with E-state index in [2.05, 4.69) is 5.32 Å². The molecule has 0 fully saturated rings. The maximum atomic E-state index is 9.71. The van der Waals surface area contributed by atoms with E-state index in [1.165, 1.54) is 0 Å². The van der Waals surface area contributed by atoms with Gasteiger partial charge in [-0.1, -0.05) is 12.2 Å². The van der Waals surface area contributed by atoms with E-state index in [-0.39, 0.29) is 5.88 Å². The van der Waals surface area contributed by atoms with Crippen LogP contribution in [0, 0.1) is 0 Å². The number of nitrogen functional groups attached to an aromatic ring is 1. The summed E-state index contributed by atoms with van der Waals surface area (Å²) in [5.41, 5.74) is 7.84. The minimum atomic E-state index is 0.143. The van der Waals surface area contributed by atoms with E-state index >= 15 is 0 Å². The van der Waals surface area contributed by atoms with Crippen LogP contribution in [0.4, 0.5) is 11.4 Å². The number of anilines is 2. The van der Waals surface area contributed by atoms with Crippen molar-refractivity contribution in [3.8, 4) is 0 Å². The first-order chi connectivity index (χ1) is 7.25. The van der Waals surface area contributed by atoms with Crippen molar-refractivity contribution in [1.82, 2.24) is 0 Å². The lowest BCUT2D eigenvalue weighted by Gasteiger charge is -2.06. The van der Waals surface area contributed by atoms with Gasteiger partial charge in [0.05, 0.1) is 0 Å². The van der Waals surface area contributed by atoms with E-state index in [0.29, 0.717) is 5.69 Å². The van der Waals surface area contributed by atoms with Crippen molar-refractivity contribution in [2.24, 2.45) is 0 Å². The van der Waals surface area contributed by atoms with Crippen molar-refractivity contribution in [3.63, 3.8) is 0 Å². The molecule has 0 atom stereocenters. The summed E-state index contributed by atoms with van der Waals surface area (Å²) in [5, 5.41) is 12.6. The summed E-state index contributed by atoms with van der Waals surface area (Å²) in [4.78, 5) is 0. The highest BCUT2D eigenvalue weighted by Gasteiger charge is 2.02. The molecular weight excluding hydrogens is 188 g/mol. The second-order valence-electron chi connectivity index (χ2n) is 3.27. The maximum absolute atomic E-state index is 9.71. The molecule has 1 aromatic carbocycles. The predicted molar refractivity (Wildman–Crippen MR) is 62.4 cm³/mol. The van der Waals surface area contributed by atoms with Gasteiger partial charge in [0.15, 0.2) is 5.88 Å². The van der Waals surface area contributed by atoms with Gasteiger partial charge >= 0.3 is 0 Å². The van der Waals surface area contributed by atoms with Gasteiger partial charge in [0.1, 0.15) is 0 Å². The first kappa shape index (κ1) is 9.40. The highest BCUT2D eigenvalue weighted by atomic mass is 16.3. The Morgan fingerprint density at radius 2 is 1.67 bits per heavy atom. The Bertz CT molecular complexity index is 427. The highest BCUT2D eigenvalue weighted by Crippen LogP contribution is 2.16. The minimum absolute atomic E-state index is 0.143. The molecule has 0 unspecified atom stereocenters. The number of benzene rings is 1. The normalized spacial score (nSPS) is 13.2. The van der Waals surface area contributed by atoms with Gasteiger partial charge in [-0.25, -0.2) is 0 Å². The van der Waals surface area contributed by atoms with E-state index in [1.54, 1.807) is 12.1 Å². The molecular formula is C12H12N2O. The number of rotatable bonds is 2. The summed E-state index contributed by atoms with van der Waals surface area (Å²) in [5.74, 6) is 0.143. The van der Waals surface area contributed by atoms with Gasteiger partial charge in [0, 0.05) is 16.9 Å². The third kappa shape index (κ3) is 2.20. The average Bonchev–Trinajstić information content (AvgIpc) is 2.74. The van der Waals surface area contributed by atoms with Crippen LogP contribution >= 0.6 is 0 Å². The monoisotopic (exact) mass is 200 g/mol. The van der Waals surface area contributed by atoms with Crippen LogP contribution in [-0.4, -0.2) is 5.11 Å². The number of nitrogens with one attached hydrogen (secondary N) is 1. The molecule has 0 saturated heterocycles. The summed E-state index contributed by atoms with van der Waals surface area (Å²) in [7, 11) is 0. The van der Waals surface area contributed by atoms with Crippen LogP contribution in [0.5, 0.6) is 0 Å². The zero-order chi connectivity index (χ0) is 10.7. The molecule has 0 amide bonds. The summed E-state index contributed by atoms with van der Waals surface area (Å²) >= 11 is 0. The number of hydrogen-bond donors (Lipinski definition) is 3. The fraction of sp³-hybridized carbons (Fsp3) is 0. The lowest BCUT2D eigenvalue weighted by Crippen LogP contribution is -2.00. The van der Waals surface area contributed by atoms with E-state index < -0.39 is 0 Å². The Morgan fingerprint density at radius 1 is 1.07 bits per heavy atom. The van der Waals surface area contributed by atoms with Crippen LogP contribution in [0.15, 0.2) is 60.0 Å². The van der Waals surface area contributed by atoms with Gasteiger partial charge in [0.2, 0.25) is 0 Å². The molecule has 0 aromatic heterocycles. The standard InChI is InChI=1S/C12H12N2O/c13-10-5-7-11(8-6-10)14-12(15)9-3-1-2-4-9/h1-8,14-15H,13H2. The summed E-state index contributed by atoms with van der Waals surface area (Å²) in [6.07, 6.45) is 7.41. The molecule has 3 heteroatoms. The molecule has 1 aromatic rings. The quantitative estimate of drug-likeness (QED) is 0.508. The van der Waals surface area contributed by atoms with Crippen LogP contribution in [-0.2, 0) is 0 Å². The number of hydrogen-bond acceptors (Lipinski definition) is 3. The Balaban J connectivity index is 2.15. The zero-order valence-corrected chi connectivity index (χ0v) is 8.14. The molecule has 0 bridgehead atoms. The molecule has 0 radical (unpaired) electrons. The summed E-state index contributed by atoms with van der Waals surface area (Å²) < 4.78 is 0. The van der Waals surface area contributed by atoms with Crippen LogP contribution in [0.1, 0.15) is 0 Å². The molecule has 15 heavy (non-hydrogen) atoms. The Kier molecular flexibility index (Phi) is 2.46. The van der Waals surface area contributed by atoms with E-state index in [1.807, 2.05) is 36.4 Å². The highest BCUT2D eigenvalue weighted by molar-refractivity contribution is 5.55. The Morgan fingerprint density at radius 3 is 2.27 bits per heavy atom. The molecule has 3 nitrogen and oxygen atoms in total. The van der Waals surface area contributed by atoms with Crippen LogP contribution < -0.4 is 11.1 Å². The minimum Gasteiger partial charge on any atom is -0.494 e. The third-order valence-electron chi connectivity index (χ3n) is 2.11. The molecule has 0 aliphatic heterocycles. The molecule has 0 spiro atoms. The largest absolute Gasteiger partial charge is 0.494 e. The Labute approximate surface area is 88.2 Å². The lowest BCUT2D eigenvalue weighted by atomic mass is 10.2. The first-order valence-corrected chi connectivity index (χ1v) is 4.66. The predicted octanol–water partition coefficient (Wildman–Crippen LogP) is 2.58. The van der Waals surface area contributed by atoms with Gasteiger partial charge < -0.3 is 16.2 Å². The molecule has 1 aliphatic carbocycles. The molecule has 0 saturated carbocycles. The fourth-order valence-corrected chi connectivity index (χ4v) is 1.31.